The molecule has 0 saturated carbocycles. The summed E-state index contributed by atoms with van der Waals surface area (Å²) in [6, 6.07) is 4.07. The molecule has 18 heavy (non-hydrogen) atoms. The van der Waals surface area contributed by atoms with Crippen molar-refractivity contribution in [2.45, 2.75) is 19.4 Å². The molecule has 0 aromatic heterocycles. The van der Waals surface area contributed by atoms with Gasteiger partial charge in [0.05, 0.1) is 17.7 Å². The van der Waals surface area contributed by atoms with E-state index in [4.69, 9.17) is 15.9 Å². The third-order valence-corrected chi connectivity index (χ3v) is 3.23. The molecule has 0 unspecified atom stereocenters. The van der Waals surface area contributed by atoms with Crippen LogP contribution in [0.2, 0.25) is 0 Å². The van der Waals surface area contributed by atoms with E-state index in [2.05, 4.69) is 33.2 Å². The summed E-state index contributed by atoms with van der Waals surface area (Å²) in [5.74, 6) is 4.23. The third kappa shape index (κ3) is 3.41. The Kier molecular flexibility index (Phi) is 4.91. The maximum absolute atomic E-state index is 5.68. The van der Waals surface area contributed by atoms with Crippen LogP contribution in [0.15, 0.2) is 16.6 Å². The van der Waals surface area contributed by atoms with Crippen LogP contribution in [0.1, 0.15) is 18.4 Å². The minimum Gasteiger partial charge on any atom is -0.490 e. The quantitative estimate of drug-likeness (QED) is 0.685. The van der Waals surface area contributed by atoms with Crippen LogP contribution < -0.4 is 14.8 Å². The molecule has 1 aliphatic rings. The zero-order valence-electron chi connectivity index (χ0n) is 10.2. The molecule has 96 valence electrons. The molecule has 2 rings (SSSR count). The van der Waals surface area contributed by atoms with E-state index in [0.717, 1.165) is 47.5 Å². The van der Waals surface area contributed by atoms with Gasteiger partial charge in [-0.3, -0.25) is 0 Å². The van der Waals surface area contributed by atoms with Crippen LogP contribution in [-0.2, 0) is 6.54 Å². The number of hydrogen-bond donors (Lipinski definition) is 1. The van der Waals surface area contributed by atoms with E-state index < -0.39 is 0 Å². The predicted octanol–water partition coefficient (Wildman–Crippen LogP) is 2.72. The zero-order chi connectivity index (χ0) is 12.8. The van der Waals surface area contributed by atoms with Gasteiger partial charge in [0.1, 0.15) is 0 Å². The first-order chi connectivity index (χ1) is 8.81. The molecule has 0 radical (unpaired) electrons. The van der Waals surface area contributed by atoms with Gasteiger partial charge in [0.25, 0.3) is 0 Å². The van der Waals surface area contributed by atoms with Gasteiger partial charge in [-0.15, -0.1) is 12.3 Å². The van der Waals surface area contributed by atoms with Crippen molar-refractivity contribution < 1.29 is 9.47 Å². The number of fused-ring (bicyclic) bond motifs is 1. The van der Waals surface area contributed by atoms with Gasteiger partial charge in [-0.05, 0) is 33.6 Å². The smallest absolute Gasteiger partial charge is 0.175 e. The molecule has 1 aromatic carbocycles. The van der Waals surface area contributed by atoms with E-state index in [-0.39, 0.29) is 0 Å². The number of benzene rings is 1. The van der Waals surface area contributed by atoms with Gasteiger partial charge in [0, 0.05) is 25.9 Å². The number of terminal acetylenes is 1. The van der Waals surface area contributed by atoms with Gasteiger partial charge in [-0.25, -0.2) is 0 Å². The molecule has 0 atom stereocenters. The van der Waals surface area contributed by atoms with E-state index in [0.29, 0.717) is 13.2 Å². The van der Waals surface area contributed by atoms with Crippen LogP contribution in [0.4, 0.5) is 0 Å². The van der Waals surface area contributed by atoms with Crippen LogP contribution in [0, 0.1) is 12.3 Å². The fourth-order valence-corrected chi connectivity index (χ4v) is 2.38. The summed E-state index contributed by atoms with van der Waals surface area (Å²) in [6.07, 6.45) is 6.86. The molecule has 1 heterocycles. The van der Waals surface area contributed by atoms with Crippen LogP contribution in [0.5, 0.6) is 11.5 Å². The van der Waals surface area contributed by atoms with Crippen molar-refractivity contribution in [3.63, 3.8) is 0 Å². The van der Waals surface area contributed by atoms with Gasteiger partial charge in [-0.1, -0.05) is 0 Å². The number of hydrogen-bond acceptors (Lipinski definition) is 3. The second kappa shape index (κ2) is 6.67. The molecule has 0 spiro atoms. The van der Waals surface area contributed by atoms with Crippen LogP contribution >= 0.6 is 15.9 Å². The molecular weight excluding hydrogens is 294 g/mol. The molecule has 1 aliphatic heterocycles. The standard InChI is InChI=1S/C14H16BrNO2/c1-2-3-5-16-10-11-8-12(15)14-13(9-11)17-6-4-7-18-14/h1,8-9,16H,3-7,10H2. The largest absolute Gasteiger partial charge is 0.490 e. The monoisotopic (exact) mass is 309 g/mol. The molecule has 3 nitrogen and oxygen atoms in total. The first kappa shape index (κ1) is 13.3. The van der Waals surface area contributed by atoms with E-state index in [1.807, 2.05) is 6.07 Å². The molecule has 1 N–H and O–H groups in total. The Labute approximate surface area is 116 Å². The molecule has 0 aliphatic carbocycles. The predicted molar refractivity (Wildman–Crippen MR) is 74.9 cm³/mol. The zero-order valence-corrected chi connectivity index (χ0v) is 11.8. The Morgan fingerprint density at radius 2 is 2.17 bits per heavy atom. The Morgan fingerprint density at radius 1 is 1.33 bits per heavy atom. The van der Waals surface area contributed by atoms with E-state index in [1.165, 1.54) is 0 Å². The Balaban J connectivity index is 2.06. The Morgan fingerprint density at radius 3 is 3.00 bits per heavy atom. The van der Waals surface area contributed by atoms with Gasteiger partial charge in [0.2, 0.25) is 0 Å². The highest BCUT2D eigenvalue weighted by atomic mass is 79.9. The summed E-state index contributed by atoms with van der Waals surface area (Å²) >= 11 is 3.53. The maximum Gasteiger partial charge on any atom is 0.175 e. The lowest BCUT2D eigenvalue weighted by Crippen LogP contribution is -2.14. The number of rotatable bonds is 4. The molecule has 0 fully saturated rings. The van der Waals surface area contributed by atoms with Crippen LogP contribution in [0.3, 0.4) is 0 Å². The lowest BCUT2D eigenvalue weighted by molar-refractivity contribution is 0.296. The van der Waals surface area contributed by atoms with Crippen molar-refractivity contribution in [2.24, 2.45) is 0 Å². The van der Waals surface area contributed by atoms with Crippen molar-refractivity contribution in [3.05, 3.63) is 22.2 Å². The van der Waals surface area contributed by atoms with Crippen molar-refractivity contribution in [3.8, 4) is 23.8 Å². The average Bonchev–Trinajstić information content (AvgIpc) is 2.60. The second-order valence-corrected chi connectivity index (χ2v) is 4.94. The highest BCUT2D eigenvalue weighted by Gasteiger charge is 2.14. The minimum absolute atomic E-state index is 0.700. The lowest BCUT2D eigenvalue weighted by Gasteiger charge is -2.12. The highest BCUT2D eigenvalue weighted by molar-refractivity contribution is 9.10. The van der Waals surface area contributed by atoms with Crippen LogP contribution in [-0.4, -0.2) is 19.8 Å². The van der Waals surface area contributed by atoms with Gasteiger partial charge >= 0.3 is 0 Å². The van der Waals surface area contributed by atoms with Gasteiger partial charge in [-0.2, -0.15) is 0 Å². The van der Waals surface area contributed by atoms with E-state index in [9.17, 15) is 0 Å². The SMILES string of the molecule is C#CCCNCc1cc(Br)c2c(c1)OCCCO2. The van der Waals surface area contributed by atoms with Gasteiger partial charge < -0.3 is 14.8 Å². The number of nitrogens with one attached hydrogen (secondary N) is 1. The highest BCUT2D eigenvalue weighted by Crippen LogP contribution is 2.38. The summed E-state index contributed by atoms with van der Waals surface area (Å²) in [6.45, 7) is 3.00. The molecule has 0 saturated heterocycles. The third-order valence-electron chi connectivity index (χ3n) is 2.64. The van der Waals surface area contributed by atoms with Crippen molar-refractivity contribution >= 4 is 15.9 Å². The summed E-state index contributed by atoms with van der Waals surface area (Å²) in [5, 5.41) is 3.29. The Hall–Kier alpha value is -1.18. The first-order valence-electron chi connectivity index (χ1n) is 6.03. The van der Waals surface area contributed by atoms with E-state index >= 15 is 0 Å². The van der Waals surface area contributed by atoms with Crippen LogP contribution in [0.25, 0.3) is 0 Å². The molecular formula is C14H16BrNO2. The number of halogens is 1. The summed E-state index contributed by atoms with van der Waals surface area (Å²) in [7, 11) is 0. The maximum atomic E-state index is 5.68. The average molecular weight is 310 g/mol. The second-order valence-electron chi connectivity index (χ2n) is 4.09. The normalized spacial score (nSPS) is 13.8. The van der Waals surface area contributed by atoms with Crippen molar-refractivity contribution in [1.29, 1.82) is 0 Å². The van der Waals surface area contributed by atoms with Crippen molar-refractivity contribution in [1.82, 2.24) is 5.32 Å². The molecule has 0 amide bonds. The van der Waals surface area contributed by atoms with Gasteiger partial charge in [0.15, 0.2) is 11.5 Å². The first-order valence-corrected chi connectivity index (χ1v) is 6.83. The minimum atomic E-state index is 0.700. The summed E-state index contributed by atoms with van der Waals surface area (Å²) < 4.78 is 12.3. The summed E-state index contributed by atoms with van der Waals surface area (Å²) in [4.78, 5) is 0. The molecule has 0 bridgehead atoms. The number of ether oxygens (including phenoxy) is 2. The molecule has 4 heteroatoms. The van der Waals surface area contributed by atoms with E-state index in [1.54, 1.807) is 0 Å². The molecule has 1 aromatic rings. The summed E-state index contributed by atoms with van der Waals surface area (Å²) in [5.41, 5.74) is 1.16. The topological polar surface area (TPSA) is 30.5 Å². The van der Waals surface area contributed by atoms with Crippen molar-refractivity contribution in [2.75, 3.05) is 19.8 Å². The fraction of sp³-hybridized carbons (Fsp3) is 0.429. The Bertz CT molecular complexity index is 454. The fourth-order valence-electron chi connectivity index (χ4n) is 1.78. The lowest BCUT2D eigenvalue weighted by atomic mass is 10.2.